The van der Waals surface area contributed by atoms with Crippen LogP contribution in [0.1, 0.15) is 44.2 Å². The summed E-state index contributed by atoms with van der Waals surface area (Å²) in [5, 5.41) is 7.39. The van der Waals surface area contributed by atoms with Crippen molar-refractivity contribution >= 4 is 5.91 Å². The molecule has 1 amide bonds. The summed E-state index contributed by atoms with van der Waals surface area (Å²) in [6.07, 6.45) is 8.71. The summed E-state index contributed by atoms with van der Waals surface area (Å²) in [6, 6.07) is -0.289. The van der Waals surface area contributed by atoms with Crippen LogP contribution in [-0.4, -0.2) is 65.3 Å². The van der Waals surface area contributed by atoms with Crippen LogP contribution in [0.2, 0.25) is 0 Å². The maximum Gasteiger partial charge on any atom is 0.244 e. The van der Waals surface area contributed by atoms with Crippen LogP contribution in [0.15, 0.2) is 12.4 Å². The molecule has 0 aliphatic carbocycles. The maximum absolute atomic E-state index is 13.0. The van der Waals surface area contributed by atoms with Crippen LogP contribution in [-0.2, 0) is 11.8 Å². The van der Waals surface area contributed by atoms with E-state index in [9.17, 15) is 4.79 Å². The molecule has 6 heteroatoms. The summed E-state index contributed by atoms with van der Waals surface area (Å²) in [5.74, 6) is 1.67. The van der Waals surface area contributed by atoms with Gasteiger partial charge in [0.1, 0.15) is 6.04 Å². The number of aryl methyl sites for hydroxylation is 1. The lowest BCUT2D eigenvalue weighted by Crippen LogP contribution is -2.48. The van der Waals surface area contributed by atoms with Gasteiger partial charge in [-0.1, -0.05) is 6.92 Å². The van der Waals surface area contributed by atoms with Gasteiger partial charge >= 0.3 is 0 Å². The monoisotopic (exact) mass is 347 g/mol. The van der Waals surface area contributed by atoms with E-state index in [0.29, 0.717) is 5.92 Å². The standard InChI is InChI=1S/C19H33N5O/c1-15-6-9-23(10-7-15)12-16-5-4-8-24(13-16)19(25)18(20-2)17-11-21-22(3)14-17/h11,14-16,18,20H,4-10,12-13H2,1-3H3. The zero-order valence-corrected chi connectivity index (χ0v) is 15.9. The van der Waals surface area contributed by atoms with Crippen LogP contribution in [0.3, 0.4) is 0 Å². The van der Waals surface area contributed by atoms with Gasteiger partial charge in [0, 0.05) is 38.4 Å². The van der Waals surface area contributed by atoms with E-state index in [-0.39, 0.29) is 11.9 Å². The number of carbonyl (C=O) groups is 1. The number of likely N-dealkylation sites (N-methyl/N-ethyl adjacent to an activating group) is 1. The van der Waals surface area contributed by atoms with Crippen molar-refractivity contribution in [3.05, 3.63) is 18.0 Å². The fraction of sp³-hybridized carbons (Fsp3) is 0.789. The SMILES string of the molecule is CNC(C(=O)N1CCCC(CN2CCC(C)CC2)C1)c1cnn(C)c1. The smallest absolute Gasteiger partial charge is 0.244 e. The molecule has 2 saturated heterocycles. The molecule has 0 aromatic carbocycles. The number of piperidine rings is 2. The first-order valence-electron chi connectivity index (χ1n) is 9.73. The third kappa shape index (κ3) is 4.61. The highest BCUT2D eigenvalue weighted by atomic mass is 16.2. The average molecular weight is 348 g/mol. The largest absolute Gasteiger partial charge is 0.341 e. The van der Waals surface area contributed by atoms with Crippen LogP contribution in [0.25, 0.3) is 0 Å². The molecule has 1 N–H and O–H groups in total. The minimum absolute atomic E-state index is 0.187. The minimum atomic E-state index is -0.289. The lowest BCUT2D eigenvalue weighted by Gasteiger charge is -2.38. The number of nitrogens with zero attached hydrogens (tertiary/aromatic N) is 4. The van der Waals surface area contributed by atoms with Crippen LogP contribution in [0.5, 0.6) is 0 Å². The van der Waals surface area contributed by atoms with E-state index in [0.717, 1.165) is 37.5 Å². The Bertz CT molecular complexity index is 564. The third-order valence-corrected chi connectivity index (χ3v) is 5.82. The van der Waals surface area contributed by atoms with Crippen LogP contribution >= 0.6 is 0 Å². The molecule has 0 radical (unpaired) electrons. The second-order valence-corrected chi connectivity index (χ2v) is 7.94. The lowest BCUT2D eigenvalue weighted by atomic mass is 9.94. The van der Waals surface area contributed by atoms with Gasteiger partial charge in [-0.3, -0.25) is 9.48 Å². The molecule has 2 aliphatic rings. The number of carbonyl (C=O) groups excluding carboxylic acids is 1. The molecule has 6 nitrogen and oxygen atoms in total. The molecule has 1 aromatic rings. The molecule has 25 heavy (non-hydrogen) atoms. The van der Waals surface area contributed by atoms with E-state index in [1.165, 1.54) is 32.4 Å². The zero-order chi connectivity index (χ0) is 17.8. The first kappa shape index (κ1) is 18.4. The molecular weight excluding hydrogens is 314 g/mol. The fourth-order valence-corrected chi connectivity index (χ4v) is 4.23. The number of aromatic nitrogens is 2. The summed E-state index contributed by atoms with van der Waals surface area (Å²) in [7, 11) is 3.74. The summed E-state index contributed by atoms with van der Waals surface area (Å²) >= 11 is 0. The van der Waals surface area contributed by atoms with E-state index in [1.54, 1.807) is 10.9 Å². The number of hydrogen-bond acceptors (Lipinski definition) is 4. The van der Waals surface area contributed by atoms with Gasteiger partial charge in [-0.05, 0) is 57.7 Å². The Morgan fingerprint density at radius 2 is 2.08 bits per heavy atom. The Labute approximate surface area is 151 Å². The van der Waals surface area contributed by atoms with Gasteiger partial charge in [-0.2, -0.15) is 5.10 Å². The zero-order valence-electron chi connectivity index (χ0n) is 15.9. The number of rotatable bonds is 5. The third-order valence-electron chi connectivity index (χ3n) is 5.82. The Balaban J connectivity index is 1.57. The molecule has 2 fully saturated rings. The summed E-state index contributed by atoms with van der Waals surface area (Å²) in [4.78, 5) is 17.7. The first-order chi connectivity index (χ1) is 12.1. The highest BCUT2D eigenvalue weighted by Crippen LogP contribution is 2.24. The van der Waals surface area contributed by atoms with E-state index >= 15 is 0 Å². The van der Waals surface area contributed by atoms with Gasteiger partial charge in [0.05, 0.1) is 6.20 Å². The number of nitrogens with one attached hydrogen (secondary N) is 1. The average Bonchev–Trinajstić information content (AvgIpc) is 3.04. The second-order valence-electron chi connectivity index (χ2n) is 7.94. The van der Waals surface area contributed by atoms with Crippen molar-refractivity contribution in [2.45, 2.75) is 38.6 Å². The minimum Gasteiger partial charge on any atom is -0.341 e. The van der Waals surface area contributed by atoms with Crippen LogP contribution in [0.4, 0.5) is 0 Å². The molecule has 2 unspecified atom stereocenters. The quantitative estimate of drug-likeness (QED) is 0.880. The number of amides is 1. The topological polar surface area (TPSA) is 53.4 Å². The molecular formula is C19H33N5O. The lowest BCUT2D eigenvalue weighted by molar-refractivity contribution is -0.135. The van der Waals surface area contributed by atoms with Crippen molar-refractivity contribution < 1.29 is 4.79 Å². The fourth-order valence-electron chi connectivity index (χ4n) is 4.23. The Kier molecular flexibility index (Phi) is 6.12. The Morgan fingerprint density at radius 3 is 2.72 bits per heavy atom. The molecule has 0 spiro atoms. The molecule has 3 rings (SSSR count). The first-order valence-corrected chi connectivity index (χ1v) is 9.73. The van der Waals surface area contributed by atoms with Crippen molar-refractivity contribution in [2.24, 2.45) is 18.9 Å². The molecule has 0 saturated carbocycles. The Hall–Kier alpha value is -1.40. The maximum atomic E-state index is 13.0. The van der Waals surface area contributed by atoms with E-state index < -0.39 is 0 Å². The predicted molar refractivity (Wildman–Crippen MR) is 99.2 cm³/mol. The highest BCUT2D eigenvalue weighted by Gasteiger charge is 2.30. The van der Waals surface area contributed by atoms with Crippen molar-refractivity contribution in [3.8, 4) is 0 Å². The van der Waals surface area contributed by atoms with Gasteiger partial charge in [-0.25, -0.2) is 0 Å². The van der Waals surface area contributed by atoms with Crippen molar-refractivity contribution in [1.82, 2.24) is 24.9 Å². The van der Waals surface area contributed by atoms with Crippen molar-refractivity contribution in [3.63, 3.8) is 0 Å². The number of likely N-dealkylation sites (tertiary alicyclic amines) is 2. The van der Waals surface area contributed by atoms with Gasteiger partial charge < -0.3 is 15.1 Å². The molecule has 140 valence electrons. The summed E-state index contributed by atoms with van der Waals surface area (Å²) in [5.41, 5.74) is 0.946. The molecule has 1 aromatic heterocycles. The van der Waals surface area contributed by atoms with Gasteiger partial charge in [-0.15, -0.1) is 0 Å². The molecule has 2 atom stereocenters. The van der Waals surface area contributed by atoms with E-state index in [1.807, 2.05) is 20.3 Å². The predicted octanol–water partition coefficient (Wildman–Crippen LogP) is 1.65. The van der Waals surface area contributed by atoms with Crippen LogP contribution in [0, 0.1) is 11.8 Å². The Morgan fingerprint density at radius 1 is 1.32 bits per heavy atom. The summed E-state index contributed by atoms with van der Waals surface area (Å²) in [6.45, 7) is 7.72. The normalized spacial score (nSPS) is 24.4. The molecule has 2 aliphatic heterocycles. The molecule has 0 bridgehead atoms. The van der Waals surface area contributed by atoms with Crippen molar-refractivity contribution in [2.75, 3.05) is 39.8 Å². The summed E-state index contributed by atoms with van der Waals surface area (Å²) < 4.78 is 1.75. The van der Waals surface area contributed by atoms with Gasteiger partial charge in [0.15, 0.2) is 0 Å². The van der Waals surface area contributed by atoms with Crippen molar-refractivity contribution in [1.29, 1.82) is 0 Å². The van der Waals surface area contributed by atoms with E-state index in [2.05, 4.69) is 27.1 Å². The van der Waals surface area contributed by atoms with E-state index in [4.69, 9.17) is 0 Å². The molecule has 3 heterocycles. The van der Waals surface area contributed by atoms with Crippen LogP contribution < -0.4 is 5.32 Å². The second kappa shape index (κ2) is 8.32. The highest BCUT2D eigenvalue weighted by molar-refractivity contribution is 5.83. The van der Waals surface area contributed by atoms with Gasteiger partial charge in [0.25, 0.3) is 0 Å². The van der Waals surface area contributed by atoms with Gasteiger partial charge in [0.2, 0.25) is 5.91 Å². The number of hydrogen-bond donors (Lipinski definition) is 1.